The summed E-state index contributed by atoms with van der Waals surface area (Å²) in [6.07, 6.45) is 2.99. The molecule has 6 aromatic rings. The second kappa shape index (κ2) is 20.0. The lowest BCUT2D eigenvalue weighted by Crippen LogP contribution is -2.46. The van der Waals surface area contributed by atoms with E-state index in [9.17, 15) is 18.8 Å². The van der Waals surface area contributed by atoms with Crippen molar-refractivity contribution < 1.29 is 9.18 Å². The van der Waals surface area contributed by atoms with Crippen LogP contribution in [0.1, 0.15) is 26.8 Å². The van der Waals surface area contributed by atoms with Gasteiger partial charge in [0.1, 0.15) is 18.7 Å². The summed E-state index contributed by atoms with van der Waals surface area (Å²) in [6.45, 7) is 13.0. The summed E-state index contributed by atoms with van der Waals surface area (Å²) >= 11 is 6.97. The smallest absolute Gasteiger partial charge is 0.351 e. The molecule has 0 spiro atoms. The fraction of sp³-hybridized carbons (Fsp3) is 0.326. The zero-order valence-electron chi connectivity index (χ0n) is 33.6. The van der Waals surface area contributed by atoms with Crippen LogP contribution in [0.15, 0.2) is 128 Å². The topological polar surface area (TPSA) is 121 Å². The fourth-order valence-electron chi connectivity index (χ4n) is 7.44. The van der Waals surface area contributed by atoms with E-state index in [4.69, 9.17) is 0 Å². The molecule has 2 aliphatic heterocycles. The van der Waals surface area contributed by atoms with Crippen LogP contribution < -0.4 is 31.0 Å². The number of piperazine rings is 2. The lowest BCUT2D eigenvalue weighted by atomic mass is 10.0. The number of alkyl halides is 1. The van der Waals surface area contributed by atoms with Crippen LogP contribution >= 0.6 is 31.9 Å². The molecule has 1 atom stereocenters. The van der Waals surface area contributed by atoms with Crippen molar-refractivity contribution in [2.45, 2.75) is 26.8 Å². The maximum absolute atomic E-state index is 12.9. The molecule has 59 heavy (non-hydrogen) atoms. The molecule has 13 nitrogen and oxygen atoms in total. The summed E-state index contributed by atoms with van der Waals surface area (Å²) in [5, 5.41) is 10.4. The molecule has 0 radical (unpaired) electrons. The summed E-state index contributed by atoms with van der Waals surface area (Å²) in [5.74, 6) is -0.0722. The lowest BCUT2D eigenvalue weighted by molar-refractivity contribution is -0.121. The average molecular weight is 933 g/mol. The van der Waals surface area contributed by atoms with Crippen LogP contribution in [0.2, 0.25) is 0 Å². The molecule has 0 bridgehead atoms. The Kier molecular flexibility index (Phi) is 14.6. The van der Waals surface area contributed by atoms with Gasteiger partial charge in [0.15, 0.2) is 5.78 Å². The Morgan fingerprint density at radius 3 is 1.24 bits per heavy atom. The molecule has 4 aromatic carbocycles. The minimum absolute atomic E-state index is 0.00740. The van der Waals surface area contributed by atoms with E-state index >= 15 is 0 Å². The summed E-state index contributed by atoms with van der Waals surface area (Å²) in [4.78, 5) is 46.1. The van der Waals surface area contributed by atoms with Crippen molar-refractivity contribution in [2.75, 3.05) is 79.1 Å². The highest BCUT2D eigenvalue weighted by Gasteiger charge is 2.25. The first-order valence-corrected chi connectivity index (χ1v) is 21.0. The highest BCUT2D eigenvalue weighted by Crippen LogP contribution is 2.25. The fourth-order valence-corrected chi connectivity index (χ4v) is 7.97. The van der Waals surface area contributed by atoms with Gasteiger partial charge in [0.05, 0.1) is 18.6 Å². The maximum Gasteiger partial charge on any atom is 0.351 e. The molecule has 2 saturated heterocycles. The first-order valence-electron chi connectivity index (χ1n) is 19.4. The summed E-state index contributed by atoms with van der Waals surface area (Å²) in [5.41, 5.74) is 5.85. The molecule has 0 saturated carbocycles. The zero-order valence-corrected chi connectivity index (χ0v) is 36.8. The minimum Gasteiger partial charge on any atom is -0.368 e. The number of nitrogens with one attached hydrogen (secondary N) is 1. The van der Waals surface area contributed by atoms with Crippen molar-refractivity contribution >= 4 is 60.4 Å². The van der Waals surface area contributed by atoms with Crippen molar-refractivity contribution in [3.8, 4) is 11.4 Å². The number of aromatic amines is 1. The van der Waals surface area contributed by atoms with Gasteiger partial charge in [0, 0.05) is 84.1 Å². The van der Waals surface area contributed by atoms with Crippen LogP contribution in [0.3, 0.4) is 0 Å². The number of aromatic nitrogens is 6. The van der Waals surface area contributed by atoms with Gasteiger partial charge in [0.25, 0.3) is 0 Å². The van der Waals surface area contributed by atoms with Crippen molar-refractivity contribution in [1.82, 2.24) is 29.1 Å². The molecule has 2 fully saturated rings. The normalized spacial score (nSPS) is 14.6. The zero-order chi connectivity index (χ0) is 42.1. The van der Waals surface area contributed by atoms with Gasteiger partial charge >= 0.3 is 11.4 Å². The molecule has 2 aliphatic rings. The second-order valence-corrected chi connectivity index (χ2v) is 16.3. The SMILES string of the molecule is CC(=O)C(C(C)C)n1ncn(-c2ccc(N3CCN(c4ccc(Br)cc4)CC3)cc2)c1=O.CF.O=c1[nH]ncn1-c1ccc(N2CCN(c3ccc(Br)cc3)CC2)cc1. The molecule has 4 heterocycles. The number of hydrogen-bond acceptors (Lipinski definition) is 9. The van der Waals surface area contributed by atoms with Gasteiger partial charge in [-0.25, -0.2) is 28.5 Å². The third kappa shape index (κ3) is 10.4. The number of halogens is 3. The molecule has 8 rings (SSSR count). The molecular formula is C43H49Br2FN10O3. The second-order valence-electron chi connectivity index (χ2n) is 14.5. The number of anilines is 4. The van der Waals surface area contributed by atoms with E-state index in [0.717, 1.165) is 78.4 Å². The van der Waals surface area contributed by atoms with Crippen LogP contribution in [-0.4, -0.2) is 94.4 Å². The first-order chi connectivity index (χ1) is 28.5. The number of rotatable bonds is 9. The Bertz CT molecular complexity index is 2360. The summed E-state index contributed by atoms with van der Waals surface area (Å²) in [7, 11) is 0.500. The third-order valence-corrected chi connectivity index (χ3v) is 11.5. The van der Waals surface area contributed by atoms with E-state index in [1.54, 1.807) is 0 Å². The molecular weight excluding hydrogens is 883 g/mol. The summed E-state index contributed by atoms with van der Waals surface area (Å²) < 4.78 is 16.0. The van der Waals surface area contributed by atoms with E-state index < -0.39 is 6.04 Å². The number of nitrogens with zero attached hydrogens (tertiary/aromatic N) is 9. The molecule has 1 N–H and O–H groups in total. The third-order valence-electron chi connectivity index (χ3n) is 10.5. The van der Waals surface area contributed by atoms with Crippen LogP contribution in [0.5, 0.6) is 0 Å². The van der Waals surface area contributed by atoms with E-state index in [2.05, 4.69) is 127 Å². The van der Waals surface area contributed by atoms with Crippen LogP contribution in [-0.2, 0) is 4.79 Å². The lowest BCUT2D eigenvalue weighted by Gasteiger charge is -2.37. The number of carbonyl (C=O) groups is 1. The van der Waals surface area contributed by atoms with Gasteiger partial charge in [-0.15, -0.1) is 0 Å². The van der Waals surface area contributed by atoms with Gasteiger partial charge in [-0.3, -0.25) is 9.18 Å². The molecule has 1 unspecified atom stereocenters. The predicted octanol–water partition coefficient (Wildman–Crippen LogP) is 7.14. The van der Waals surface area contributed by atoms with Gasteiger partial charge in [-0.2, -0.15) is 10.2 Å². The molecule has 2 aromatic heterocycles. The van der Waals surface area contributed by atoms with Crippen LogP contribution in [0.4, 0.5) is 27.1 Å². The highest BCUT2D eigenvalue weighted by atomic mass is 79.9. The van der Waals surface area contributed by atoms with Gasteiger partial charge in [-0.1, -0.05) is 45.7 Å². The Morgan fingerprint density at radius 2 is 0.915 bits per heavy atom. The standard InChI is InChI=1S/C24H28BrN5O2.C18H18BrN5O.CH3F/c1-17(2)23(18(3)31)30-24(32)29(16-26-30)22-10-8-21(9-11-22)28-14-12-27(13-15-28)20-6-4-19(25)5-7-20;19-14-1-3-15(4-2-14)22-9-11-23(12-10-22)16-5-7-17(8-6-16)24-13-20-21-18(24)25;1-2/h4-11,16-17,23H,12-15H2,1-3H3;1-8,13H,9-12H2,(H,21,25);1H3. The maximum atomic E-state index is 12.9. The number of ketones is 1. The van der Waals surface area contributed by atoms with Crippen molar-refractivity contribution in [3.63, 3.8) is 0 Å². The molecule has 0 aliphatic carbocycles. The van der Waals surface area contributed by atoms with Gasteiger partial charge in [-0.05, 0) is 110 Å². The average Bonchev–Trinajstić information content (AvgIpc) is 3.87. The predicted molar refractivity (Wildman–Crippen MR) is 241 cm³/mol. The monoisotopic (exact) mass is 930 g/mol. The van der Waals surface area contributed by atoms with Gasteiger partial charge < -0.3 is 19.6 Å². The largest absolute Gasteiger partial charge is 0.368 e. The van der Waals surface area contributed by atoms with Crippen molar-refractivity contribution in [3.05, 3.63) is 140 Å². The van der Waals surface area contributed by atoms with E-state index in [-0.39, 0.29) is 23.1 Å². The molecule has 310 valence electrons. The Balaban J connectivity index is 0.000000195. The number of carbonyl (C=O) groups excluding carboxylic acids is 1. The number of H-pyrrole nitrogens is 1. The Hall–Kier alpha value is -5.48. The minimum atomic E-state index is -0.551. The quantitative estimate of drug-likeness (QED) is 0.161. The molecule has 0 amide bonds. The highest BCUT2D eigenvalue weighted by molar-refractivity contribution is 9.10. The van der Waals surface area contributed by atoms with E-state index in [0.29, 0.717) is 7.18 Å². The van der Waals surface area contributed by atoms with Gasteiger partial charge in [0.2, 0.25) is 0 Å². The van der Waals surface area contributed by atoms with Crippen molar-refractivity contribution in [1.29, 1.82) is 0 Å². The van der Waals surface area contributed by atoms with Crippen molar-refractivity contribution in [2.24, 2.45) is 5.92 Å². The van der Waals surface area contributed by atoms with Crippen LogP contribution in [0, 0.1) is 5.92 Å². The number of benzene rings is 4. The number of Topliss-reactive ketones (excluding diaryl/α,β-unsaturated/α-hetero) is 1. The first kappa shape index (κ1) is 43.1. The number of hydrogen-bond donors (Lipinski definition) is 1. The van der Waals surface area contributed by atoms with Crippen LogP contribution in [0.25, 0.3) is 11.4 Å². The van der Waals surface area contributed by atoms with E-state index in [1.165, 1.54) is 50.5 Å². The van der Waals surface area contributed by atoms with E-state index in [1.807, 2.05) is 50.2 Å². The Morgan fingerprint density at radius 1 is 0.576 bits per heavy atom. The Labute approximate surface area is 359 Å². The summed E-state index contributed by atoms with van der Waals surface area (Å²) in [6, 6.07) is 32.3. The molecule has 16 heteroatoms.